The van der Waals surface area contributed by atoms with Crippen molar-refractivity contribution in [2.24, 2.45) is 0 Å². The molecule has 3 aromatic rings. The van der Waals surface area contributed by atoms with Crippen molar-refractivity contribution in [2.75, 3.05) is 31.6 Å². The molecule has 0 bridgehead atoms. The number of benzene rings is 2. The molecule has 2 amide bonds. The predicted octanol–water partition coefficient (Wildman–Crippen LogP) is 2.62. The molecule has 2 aromatic carbocycles. The highest BCUT2D eigenvalue weighted by atomic mass is 19.1. The molecule has 1 fully saturated rings. The summed E-state index contributed by atoms with van der Waals surface area (Å²) in [4.78, 5) is 26.8. The summed E-state index contributed by atoms with van der Waals surface area (Å²) in [5.41, 5.74) is 1.10. The molecular weight excluding hydrogens is 446 g/mol. The molecule has 1 aromatic heterocycles. The molecule has 2 aliphatic heterocycles. The second kappa shape index (κ2) is 8.71. The largest absolute Gasteiger partial charge is 0.378 e. The number of halogens is 2. The van der Waals surface area contributed by atoms with Crippen LogP contribution >= 0.6 is 0 Å². The summed E-state index contributed by atoms with van der Waals surface area (Å²) in [6, 6.07) is 11.4. The third-order valence-electron chi connectivity index (χ3n) is 5.89. The van der Waals surface area contributed by atoms with Gasteiger partial charge in [-0.25, -0.2) is 8.78 Å². The Hall–Kier alpha value is -4.05. The minimum Gasteiger partial charge on any atom is -0.378 e. The normalized spacial score (nSPS) is 15.1. The summed E-state index contributed by atoms with van der Waals surface area (Å²) in [5, 5.41) is 16.3. The van der Waals surface area contributed by atoms with Crippen molar-refractivity contribution >= 4 is 23.2 Å². The molecule has 8 nitrogen and oxygen atoms in total. The average Bonchev–Trinajstić information content (AvgIpc) is 3.24. The van der Waals surface area contributed by atoms with Gasteiger partial charge >= 0.3 is 0 Å². The van der Waals surface area contributed by atoms with Gasteiger partial charge in [0.05, 0.1) is 18.9 Å². The van der Waals surface area contributed by atoms with Crippen LogP contribution < -0.4 is 15.4 Å². The maximum Gasteiger partial charge on any atom is 0.272 e. The Morgan fingerprint density at radius 2 is 1.74 bits per heavy atom. The number of fused-ring (bicyclic) bond motifs is 1. The van der Waals surface area contributed by atoms with Crippen LogP contribution in [0, 0.1) is 11.6 Å². The molecule has 0 aliphatic carbocycles. The highest BCUT2D eigenvalue weighted by Crippen LogP contribution is 2.32. The van der Waals surface area contributed by atoms with Gasteiger partial charge in [-0.1, -0.05) is 6.07 Å². The highest BCUT2D eigenvalue weighted by Gasteiger charge is 2.37. The Kier molecular flexibility index (Phi) is 5.58. The molecule has 2 aliphatic rings. The number of carbonyl (C=O) groups is 2. The molecule has 3 N–H and O–H groups in total. The van der Waals surface area contributed by atoms with Gasteiger partial charge in [-0.2, -0.15) is 0 Å². The fourth-order valence-corrected chi connectivity index (χ4v) is 4.17. The molecule has 0 saturated carbocycles. The second-order valence-corrected chi connectivity index (χ2v) is 7.96. The molecule has 3 heterocycles. The van der Waals surface area contributed by atoms with Crippen molar-refractivity contribution in [3.05, 3.63) is 77.0 Å². The van der Waals surface area contributed by atoms with Crippen molar-refractivity contribution < 1.29 is 33.0 Å². The lowest BCUT2D eigenvalue weighted by Crippen LogP contribution is -2.40. The number of hydrogen-bond donors (Lipinski definition) is 3. The number of anilines is 2. The van der Waals surface area contributed by atoms with Gasteiger partial charge in [0.15, 0.2) is 0 Å². The van der Waals surface area contributed by atoms with E-state index in [1.165, 1.54) is 12.1 Å². The lowest BCUT2D eigenvalue weighted by molar-refractivity contribution is -0.901. The molecular formula is C24H21F2N4O4+. The molecule has 0 atom stereocenters. The predicted molar refractivity (Wildman–Crippen MR) is 117 cm³/mol. The van der Waals surface area contributed by atoms with Gasteiger partial charge in [-0.05, 0) is 36.4 Å². The summed E-state index contributed by atoms with van der Waals surface area (Å²) in [6.45, 7) is 2.06. The van der Waals surface area contributed by atoms with Gasteiger partial charge in [0, 0.05) is 35.1 Å². The van der Waals surface area contributed by atoms with Gasteiger partial charge in [0.1, 0.15) is 29.3 Å². The summed E-state index contributed by atoms with van der Waals surface area (Å²) in [6.07, 6.45) is 0. The standard InChI is InChI=1S/C24H20F2N4O4/c25-16-2-1-3-17(26)21(16)19-12-18(22-20(30(19)33)13-27-23(22)31)28-15-6-4-14(5-7-15)24(32)29-8-10-34-11-9-29/h1-7,12,33H,8-11,13H2,(H,27,31)/p+1. The first kappa shape index (κ1) is 21.8. The number of amides is 2. The van der Waals surface area contributed by atoms with Crippen LogP contribution in [0.1, 0.15) is 26.4 Å². The Labute approximate surface area is 193 Å². The van der Waals surface area contributed by atoms with E-state index in [0.29, 0.717) is 42.3 Å². The van der Waals surface area contributed by atoms with E-state index in [1.807, 2.05) is 0 Å². The Morgan fingerprint density at radius 3 is 2.41 bits per heavy atom. The third-order valence-corrected chi connectivity index (χ3v) is 5.89. The van der Waals surface area contributed by atoms with Crippen molar-refractivity contribution in [1.82, 2.24) is 10.2 Å². The molecule has 10 heteroatoms. The van der Waals surface area contributed by atoms with E-state index in [1.54, 1.807) is 29.2 Å². The number of ether oxygens (including phenoxy) is 1. The summed E-state index contributed by atoms with van der Waals surface area (Å²) in [5.74, 6) is -2.23. The number of nitrogens with one attached hydrogen (secondary N) is 2. The van der Waals surface area contributed by atoms with E-state index in [9.17, 15) is 23.6 Å². The number of aromatic nitrogens is 1. The second-order valence-electron chi connectivity index (χ2n) is 7.96. The summed E-state index contributed by atoms with van der Waals surface area (Å²) >= 11 is 0. The van der Waals surface area contributed by atoms with E-state index in [2.05, 4.69) is 10.6 Å². The number of hydrogen-bond acceptors (Lipinski definition) is 5. The SMILES string of the molecule is O=C1NCc2c1c(Nc1ccc(C(=O)N3CCOCC3)cc1)cc(-c1c(F)cccc1F)[n+]2O. The molecule has 1 saturated heterocycles. The topological polar surface area (TPSA) is 94.8 Å². The first-order valence-electron chi connectivity index (χ1n) is 10.7. The minimum absolute atomic E-state index is 0.00372. The molecule has 174 valence electrons. The van der Waals surface area contributed by atoms with Crippen LogP contribution in [0.4, 0.5) is 20.2 Å². The summed E-state index contributed by atoms with van der Waals surface area (Å²) in [7, 11) is 0. The zero-order valence-corrected chi connectivity index (χ0v) is 18.0. The van der Waals surface area contributed by atoms with Crippen LogP contribution in [0.15, 0.2) is 48.5 Å². The van der Waals surface area contributed by atoms with Crippen LogP contribution in [0.3, 0.4) is 0 Å². The maximum atomic E-state index is 14.5. The zero-order valence-electron chi connectivity index (χ0n) is 18.0. The first-order valence-corrected chi connectivity index (χ1v) is 10.7. The van der Waals surface area contributed by atoms with Gasteiger partial charge in [0.25, 0.3) is 23.2 Å². The smallest absolute Gasteiger partial charge is 0.272 e. The van der Waals surface area contributed by atoms with Gasteiger partial charge in [0.2, 0.25) is 0 Å². The van der Waals surface area contributed by atoms with E-state index >= 15 is 0 Å². The molecule has 34 heavy (non-hydrogen) atoms. The van der Waals surface area contributed by atoms with Crippen molar-refractivity contribution in [3.8, 4) is 11.3 Å². The lowest BCUT2D eigenvalue weighted by atomic mass is 10.0. The van der Waals surface area contributed by atoms with Gasteiger partial charge in [-0.15, -0.1) is 0 Å². The molecule has 0 spiro atoms. The lowest BCUT2D eigenvalue weighted by Gasteiger charge is -2.26. The van der Waals surface area contributed by atoms with Crippen LogP contribution in [-0.2, 0) is 11.3 Å². The number of pyridine rings is 1. The zero-order chi connectivity index (χ0) is 23.8. The number of carbonyl (C=O) groups excluding carboxylic acids is 2. The van der Waals surface area contributed by atoms with E-state index < -0.39 is 23.1 Å². The summed E-state index contributed by atoms with van der Waals surface area (Å²) < 4.78 is 34.8. The third kappa shape index (κ3) is 3.81. The van der Waals surface area contributed by atoms with Gasteiger partial charge in [-0.3, -0.25) is 14.8 Å². The highest BCUT2D eigenvalue weighted by molar-refractivity contribution is 6.03. The fraction of sp³-hybridized carbons (Fsp3) is 0.208. The molecule has 0 unspecified atom stereocenters. The van der Waals surface area contributed by atoms with E-state index in [-0.39, 0.29) is 35.1 Å². The van der Waals surface area contributed by atoms with E-state index in [4.69, 9.17) is 4.74 Å². The Balaban J connectivity index is 1.50. The van der Waals surface area contributed by atoms with Crippen LogP contribution in [0.2, 0.25) is 0 Å². The van der Waals surface area contributed by atoms with Gasteiger partial charge < -0.3 is 20.3 Å². The first-order chi connectivity index (χ1) is 16.4. The number of nitrogens with zero attached hydrogens (tertiary/aromatic N) is 2. The monoisotopic (exact) mass is 467 g/mol. The van der Waals surface area contributed by atoms with Crippen molar-refractivity contribution in [2.45, 2.75) is 6.54 Å². The number of morpholine rings is 1. The Bertz CT molecular complexity index is 1270. The Morgan fingerprint density at radius 1 is 1.06 bits per heavy atom. The molecule has 5 rings (SSSR count). The van der Waals surface area contributed by atoms with Crippen molar-refractivity contribution in [1.29, 1.82) is 0 Å². The minimum atomic E-state index is -0.850. The van der Waals surface area contributed by atoms with Crippen LogP contribution in [0.5, 0.6) is 0 Å². The molecule has 0 radical (unpaired) electrons. The van der Waals surface area contributed by atoms with Crippen LogP contribution in [0.25, 0.3) is 11.3 Å². The van der Waals surface area contributed by atoms with Crippen molar-refractivity contribution in [3.63, 3.8) is 0 Å². The average molecular weight is 467 g/mol. The van der Waals surface area contributed by atoms with E-state index in [0.717, 1.165) is 12.1 Å². The quantitative estimate of drug-likeness (QED) is 0.405. The number of rotatable bonds is 4. The fourth-order valence-electron chi connectivity index (χ4n) is 4.17. The van der Waals surface area contributed by atoms with Crippen LogP contribution in [-0.4, -0.2) is 48.2 Å². The maximum absolute atomic E-state index is 14.5.